The second-order valence-corrected chi connectivity index (χ2v) is 6.66. The van der Waals surface area contributed by atoms with Crippen molar-refractivity contribution >= 4 is 35.3 Å². The molecule has 0 aliphatic carbocycles. The lowest BCUT2D eigenvalue weighted by atomic mass is 9.91. The number of rotatable bonds is 5. The first kappa shape index (κ1) is 19.0. The lowest BCUT2D eigenvalue weighted by Gasteiger charge is -2.16. The van der Waals surface area contributed by atoms with Crippen molar-refractivity contribution in [2.75, 3.05) is 0 Å². The van der Waals surface area contributed by atoms with Crippen LogP contribution in [0.2, 0.25) is 10.0 Å². The molecule has 3 aromatic rings. The summed E-state index contributed by atoms with van der Waals surface area (Å²) in [6.45, 7) is 0. The number of nitrogens with one attached hydrogen (secondary N) is 1. The highest BCUT2D eigenvalue weighted by Crippen LogP contribution is 2.30. The number of hydrogen-bond acceptors (Lipinski definition) is 3. The van der Waals surface area contributed by atoms with Crippen molar-refractivity contribution in [3.8, 4) is 5.75 Å². The highest BCUT2D eigenvalue weighted by molar-refractivity contribution is 6.36. The molecule has 0 atom stereocenters. The van der Waals surface area contributed by atoms with Crippen LogP contribution in [0.4, 0.5) is 0 Å². The molecular formula is C21H16Cl2N2O2. The summed E-state index contributed by atoms with van der Waals surface area (Å²) in [6.07, 6.45) is 1.30. The van der Waals surface area contributed by atoms with Crippen LogP contribution < -0.4 is 5.43 Å². The zero-order valence-corrected chi connectivity index (χ0v) is 15.7. The molecule has 1 amide bonds. The van der Waals surface area contributed by atoms with Crippen molar-refractivity contribution in [2.24, 2.45) is 5.10 Å². The fourth-order valence-electron chi connectivity index (χ4n) is 2.70. The summed E-state index contributed by atoms with van der Waals surface area (Å²) in [5.74, 6) is -0.959. The topological polar surface area (TPSA) is 61.7 Å². The lowest BCUT2D eigenvalue weighted by molar-refractivity contribution is -0.121. The third-order valence-corrected chi connectivity index (χ3v) is 4.47. The number of hydrogen-bond donors (Lipinski definition) is 2. The number of hydrazone groups is 1. The fourth-order valence-corrected chi connectivity index (χ4v) is 3.21. The van der Waals surface area contributed by atoms with Gasteiger partial charge in [-0.25, -0.2) is 5.43 Å². The van der Waals surface area contributed by atoms with Gasteiger partial charge < -0.3 is 5.11 Å². The molecule has 0 heterocycles. The van der Waals surface area contributed by atoms with E-state index < -0.39 is 5.92 Å². The molecule has 6 heteroatoms. The second kappa shape index (κ2) is 8.71. The van der Waals surface area contributed by atoms with Crippen molar-refractivity contribution in [1.82, 2.24) is 5.43 Å². The van der Waals surface area contributed by atoms with Crippen molar-refractivity contribution in [2.45, 2.75) is 5.92 Å². The summed E-state index contributed by atoms with van der Waals surface area (Å²) in [6, 6.07) is 21.8. The molecule has 0 aliphatic heterocycles. The Labute approximate surface area is 167 Å². The Balaban J connectivity index is 1.84. The van der Waals surface area contributed by atoms with Gasteiger partial charge in [-0.3, -0.25) is 4.79 Å². The third-order valence-electron chi connectivity index (χ3n) is 3.96. The Morgan fingerprint density at radius 1 is 0.963 bits per heavy atom. The summed E-state index contributed by atoms with van der Waals surface area (Å²) in [7, 11) is 0. The second-order valence-electron chi connectivity index (χ2n) is 5.81. The van der Waals surface area contributed by atoms with E-state index in [0.29, 0.717) is 10.6 Å². The molecule has 27 heavy (non-hydrogen) atoms. The van der Waals surface area contributed by atoms with E-state index in [-0.39, 0.29) is 16.7 Å². The van der Waals surface area contributed by atoms with Crippen molar-refractivity contribution in [1.29, 1.82) is 0 Å². The van der Waals surface area contributed by atoms with Crippen LogP contribution in [0.3, 0.4) is 0 Å². The minimum atomic E-state index is -0.513. The normalized spacial score (nSPS) is 11.1. The number of halogens is 2. The number of amides is 1. The molecule has 0 radical (unpaired) electrons. The van der Waals surface area contributed by atoms with Gasteiger partial charge in [-0.2, -0.15) is 5.10 Å². The molecule has 3 aromatic carbocycles. The summed E-state index contributed by atoms with van der Waals surface area (Å²) in [5.41, 5.74) is 4.54. The van der Waals surface area contributed by atoms with Crippen LogP contribution in [-0.2, 0) is 4.79 Å². The molecule has 0 saturated carbocycles. The van der Waals surface area contributed by atoms with Gasteiger partial charge in [0.2, 0.25) is 0 Å². The highest BCUT2D eigenvalue weighted by atomic mass is 35.5. The number of phenols is 1. The van der Waals surface area contributed by atoms with E-state index in [1.54, 1.807) is 0 Å². The first-order valence-electron chi connectivity index (χ1n) is 8.17. The Morgan fingerprint density at radius 3 is 2.07 bits per heavy atom. The van der Waals surface area contributed by atoms with E-state index in [1.807, 2.05) is 60.7 Å². The highest BCUT2D eigenvalue weighted by Gasteiger charge is 2.22. The molecule has 0 unspecified atom stereocenters. The van der Waals surface area contributed by atoms with Crippen LogP contribution in [0.15, 0.2) is 77.9 Å². The van der Waals surface area contributed by atoms with Gasteiger partial charge in [0.05, 0.1) is 17.2 Å². The molecule has 136 valence electrons. The molecule has 4 nitrogen and oxygen atoms in total. The number of phenolic OH excluding ortho intramolecular Hbond substituents is 1. The molecule has 3 rings (SSSR count). The number of benzene rings is 3. The minimum Gasteiger partial charge on any atom is -0.506 e. The Hall–Kier alpha value is -2.82. The van der Waals surface area contributed by atoms with Crippen LogP contribution in [0.5, 0.6) is 5.75 Å². The maximum Gasteiger partial charge on any atom is 0.252 e. The van der Waals surface area contributed by atoms with Crippen molar-refractivity contribution < 1.29 is 9.90 Å². The van der Waals surface area contributed by atoms with E-state index >= 15 is 0 Å². The number of aromatic hydroxyl groups is 1. The van der Waals surface area contributed by atoms with Gasteiger partial charge in [0.25, 0.3) is 5.91 Å². The molecule has 0 aliphatic rings. The van der Waals surface area contributed by atoms with E-state index in [2.05, 4.69) is 10.5 Å². The van der Waals surface area contributed by atoms with E-state index in [9.17, 15) is 9.90 Å². The molecule has 0 spiro atoms. The Kier molecular flexibility index (Phi) is 6.12. The average Bonchev–Trinajstić information content (AvgIpc) is 2.67. The van der Waals surface area contributed by atoms with Crippen LogP contribution in [0.1, 0.15) is 22.6 Å². The van der Waals surface area contributed by atoms with Crippen LogP contribution >= 0.6 is 23.2 Å². The Bertz CT molecular complexity index is 921. The first-order chi connectivity index (χ1) is 13.1. The SMILES string of the molecule is O=C(NN=Cc1cc(Cl)cc(Cl)c1O)C(c1ccccc1)c1ccccc1. The monoisotopic (exact) mass is 398 g/mol. The number of carbonyl (C=O) groups excluding carboxylic acids is 1. The van der Waals surface area contributed by atoms with Crippen molar-refractivity contribution in [3.05, 3.63) is 99.5 Å². The predicted octanol–water partition coefficient (Wildman–Crippen LogP) is 4.98. The molecular weight excluding hydrogens is 383 g/mol. The van der Waals surface area contributed by atoms with Gasteiger partial charge >= 0.3 is 0 Å². The van der Waals surface area contributed by atoms with Gasteiger partial charge in [-0.1, -0.05) is 83.9 Å². The maximum atomic E-state index is 12.8. The van der Waals surface area contributed by atoms with Gasteiger partial charge in [0.1, 0.15) is 5.75 Å². The smallest absolute Gasteiger partial charge is 0.252 e. The summed E-state index contributed by atoms with van der Waals surface area (Å²) in [5, 5.41) is 14.4. The fraction of sp³-hybridized carbons (Fsp3) is 0.0476. The van der Waals surface area contributed by atoms with Gasteiger partial charge in [0, 0.05) is 10.6 Å². The summed E-state index contributed by atoms with van der Waals surface area (Å²) in [4.78, 5) is 12.8. The number of carbonyl (C=O) groups is 1. The first-order valence-corrected chi connectivity index (χ1v) is 8.92. The largest absolute Gasteiger partial charge is 0.506 e. The zero-order chi connectivity index (χ0) is 19.2. The Morgan fingerprint density at radius 2 is 1.52 bits per heavy atom. The van der Waals surface area contributed by atoms with E-state index in [1.165, 1.54) is 18.3 Å². The quantitative estimate of drug-likeness (QED) is 0.470. The molecule has 0 fully saturated rings. The van der Waals surface area contributed by atoms with E-state index in [0.717, 1.165) is 11.1 Å². The van der Waals surface area contributed by atoms with E-state index in [4.69, 9.17) is 23.2 Å². The predicted molar refractivity (Wildman–Crippen MR) is 109 cm³/mol. The maximum absolute atomic E-state index is 12.8. The minimum absolute atomic E-state index is 0.113. The average molecular weight is 399 g/mol. The standard InChI is InChI=1S/C21H16Cl2N2O2/c22-17-11-16(20(26)18(23)12-17)13-24-25-21(27)19(14-7-3-1-4-8-14)15-9-5-2-6-10-15/h1-13,19,26H,(H,25,27). The van der Waals surface area contributed by atoms with Crippen molar-refractivity contribution in [3.63, 3.8) is 0 Å². The zero-order valence-electron chi connectivity index (χ0n) is 14.1. The molecule has 0 aromatic heterocycles. The molecule has 0 saturated heterocycles. The molecule has 2 N–H and O–H groups in total. The van der Waals surface area contributed by atoms with Gasteiger partial charge in [0.15, 0.2) is 0 Å². The lowest BCUT2D eigenvalue weighted by Crippen LogP contribution is -2.26. The number of nitrogens with zero attached hydrogens (tertiary/aromatic N) is 1. The van der Waals surface area contributed by atoms with Crippen LogP contribution in [0.25, 0.3) is 0 Å². The summed E-state index contributed by atoms with van der Waals surface area (Å²) >= 11 is 11.8. The van der Waals surface area contributed by atoms with Crippen LogP contribution in [0, 0.1) is 0 Å². The molecule has 0 bridgehead atoms. The van der Waals surface area contributed by atoms with Gasteiger partial charge in [-0.05, 0) is 23.3 Å². The van der Waals surface area contributed by atoms with Crippen LogP contribution in [-0.4, -0.2) is 17.2 Å². The third kappa shape index (κ3) is 4.67. The summed E-state index contributed by atoms with van der Waals surface area (Å²) < 4.78 is 0. The van der Waals surface area contributed by atoms with Gasteiger partial charge in [-0.15, -0.1) is 0 Å².